The third kappa shape index (κ3) is 3.37. The first-order valence-electron chi connectivity index (χ1n) is 6.23. The monoisotopic (exact) mass is 246 g/mol. The van der Waals surface area contributed by atoms with Crippen LogP contribution in [0.3, 0.4) is 0 Å². The fourth-order valence-electron chi connectivity index (χ4n) is 1.80. The summed E-state index contributed by atoms with van der Waals surface area (Å²) in [5.74, 6) is 1.10. The standard InChI is InChI=1S/C15H18O3/c1-2-17-8-3-9-18-15-7-5-12-4-6-14(16)10-13(12)11-15/h4-7,10-11,16H,2-3,8-9H2,1H3. The van der Waals surface area contributed by atoms with Gasteiger partial charge in [-0.15, -0.1) is 0 Å². The van der Waals surface area contributed by atoms with Gasteiger partial charge in [0.1, 0.15) is 11.5 Å². The van der Waals surface area contributed by atoms with Crippen molar-refractivity contribution in [3.8, 4) is 11.5 Å². The average Bonchev–Trinajstić information content (AvgIpc) is 2.38. The summed E-state index contributed by atoms with van der Waals surface area (Å²) in [5, 5.41) is 11.5. The molecule has 0 aromatic heterocycles. The van der Waals surface area contributed by atoms with E-state index in [0.29, 0.717) is 6.61 Å². The fraction of sp³-hybridized carbons (Fsp3) is 0.333. The van der Waals surface area contributed by atoms with E-state index >= 15 is 0 Å². The molecule has 2 aromatic rings. The summed E-state index contributed by atoms with van der Waals surface area (Å²) in [6.45, 7) is 4.10. The fourth-order valence-corrected chi connectivity index (χ4v) is 1.80. The predicted molar refractivity (Wildman–Crippen MR) is 72.2 cm³/mol. The molecule has 96 valence electrons. The van der Waals surface area contributed by atoms with E-state index in [1.54, 1.807) is 12.1 Å². The molecule has 18 heavy (non-hydrogen) atoms. The first-order valence-corrected chi connectivity index (χ1v) is 6.23. The van der Waals surface area contributed by atoms with Crippen molar-refractivity contribution in [1.29, 1.82) is 0 Å². The van der Waals surface area contributed by atoms with E-state index in [2.05, 4.69) is 0 Å². The Bertz CT molecular complexity index is 508. The molecule has 0 spiro atoms. The largest absolute Gasteiger partial charge is 0.508 e. The van der Waals surface area contributed by atoms with E-state index in [-0.39, 0.29) is 5.75 Å². The van der Waals surface area contributed by atoms with E-state index in [0.717, 1.165) is 36.2 Å². The molecular weight excluding hydrogens is 228 g/mol. The Morgan fingerprint density at radius 2 is 1.83 bits per heavy atom. The molecule has 0 saturated carbocycles. The molecule has 2 aromatic carbocycles. The second-order valence-corrected chi connectivity index (χ2v) is 4.09. The second-order valence-electron chi connectivity index (χ2n) is 4.09. The molecule has 0 radical (unpaired) electrons. The van der Waals surface area contributed by atoms with Gasteiger partial charge in [-0.25, -0.2) is 0 Å². The molecule has 0 aliphatic carbocycles. The predicted octanol–water partition coefficient (Wildman–Crippen LogP) is 3.35. The van der Waals surface area contributed by atoms with Gasteiger partial charge in [-0.05, 0) is 42.0 Å². The number of rotatable bonds is 6. The summed E-state index contributed by atoms with van der Waals surface area (Å²) < 4.78 is 10.9. The second kappa shape index (κ2) is 6.26. The van der Waals surface area contributed by atoms with Crippen LogP contribution in [-0.4, -0.2) is 24.9 Å². The van der Waals surface area contributed by atoms with E-state index in [1.807, 2.05) is 31.2 Å². The Labute approximate surface area is 107 Å². The zero-order valence-electron chi connectivity index (χ0n) is 10.6. The molecule has 0 fully saturated rings. The molecule has 3 nitrogen and oxygen atoms in total. The third-order valence-corrected chi connectivity index (χ3v) is 2.70. The number of benzene rings is 2. The molecular formula is C15H18O3. The number of phenolic OH excluding ortho intramolecular Hbond substituents is 1. The van der Waals surface area contributed by atoms with Crippen LogP contribution in [0, 0.1) is 0 Å². The van der Waals surface area contributed by atoms with Gasteiger partial charge in [0.25, 0.3) is 0 Å². The van der Waals surface area contributed by atoms with Crippen LogP contribution in [-0.2, 0) is 4.74 Å². The third-order valence-electron chi connectivity index (χ3n) is 2.70. The van der Waals surface area contributed by atoms with Crippen molar-refractivity contribution in [2.75, 3.05) is 19.8 Å². The van der Waals surface area contributed by atoms with Crippen LogP contribution in [0.2, 0.25) is 0 Å². The smallest absolute Gasteiger partial charge is 0.119 e. The normalized spacial score (nSPS) is 10.7. The summed E-state index contributed by atoms with van der Waals surface area (Å²) in [7, 11) is 0. The van der Waals surface area contributed by atoms with Gasteiger partial charge in [0.15, 0.2) is 0 Å². The summed E-state index contributed by atoms with van der Waals surface area (Å²) >= 11 is 0. The Morgan fingerprint density at radius 3 is 2.67 bits per heavy atom. The summed E-state index contributed by atoms with van der Waals surface area (Å²) in [6.07, 6.45) is 0.881. The van der Waals surface area contributed by atoms with Gasteiger partial charge >= 0.3 is 0 Å². The Kier molecular flexibility index (Phi) is 4.42. The molecule has 0 aliphatic rings. The number of aromatic hydroxyl groups is 1. The van der Waals surface area contributed by atoms with E-state index < -0.39 is 0 Å². The minimum absolute atomic E-state index is 0.274. The molecule has 0 heterocycles. The summed E-state index contributed by atoms with van der Waals surface area (Å²) in [4.78, 5) is 0. The van der Waals surface area contributed by atoms with Crippen molar-refractivity contribution in [2.45, 2.75) is 13.3 Å². The van der Waals surface area contributed by atoms with E-state index in [1.165, 1.54) is 0 Å². The summed E-state index contributed by atoms with van der Waals surface area (Å²) in [5.41, 5.74) is 0. The van der Waals surface area contributed by atoms with Gasteiger partial charge in [0, 0.05) is 19.6 Å². The number of fused-ring (bicyclic) bond motifs is 1. The Hall–Kier alpha value is -1.74. The molecule has 0 saturated heterocycles. The van der Waals surface area contributed by atoms with Crippen molar-refractivity contribution < 1.29 is 14.6 Å². The molecule has 0 atom stereocenters. The number of hydrogen-bond acceptors (Lipinski definition) is 3. The highest BCUT2D eigenvalue weighted by atomic mass is 16.5. The van der Waals surface area contributed by atoms with Crippen LogP contribution in [0.5, 0.6) is 11.5 Å². The minimum atomic E-state index is 0.274. The molecule has 3 heteroatoms. The SMILES string of the molecule is CCOCCCOc1ccc2ccc(O)cc2c1. The van der Waals surface area contributed by atoms with Crippen LogP contribution in [0.15, 0.2) is 36.4 Å². The topological polar surface area (TPSA) is 38.7 Å². The average molecular weight is 246 g/mol. The zero-order valence-corrected chi connectivity index (χ0v) is 10.6. The molecule has 0 amide bonds. The lowest BCUT2D eigenvalue weighted by Gasteiger charge is -2.07. The first-order chi connectivity index (χ1) is 8.79. The van der Waals surface area contributed by atoms with Gasteiger partial charge in [0.2, 0.25) is 0 Å². The van der Waals surface area contributed by atoms with Crippen LogP contribution in [0.25, 0.3) is 10.8 Å². The lowest BCUT2D eigenvalue weighted by atomic mass is 10.1. The van der Waals surface area contributed by atoms with Crippen molar-refractivity contribution in [2.24, 2.45) is 0 Å². The van der Waals surface area contributed by atoms with Crippen molar-refractivity contribution in [1.82, 2.24) is 0 Å². The molecule has 1 N–H and O–H groups in total. The Morgan fingerprint density at radius 1 is 1.00 bits per heavy atom. The van der Waals surface area contributed by atoms with Gasteiger partial charge in [-0.2, -0.15) is 0 Å². The van der Waals surface area contributed by atoms with Gasteiger partial charge in [-0.1, -0.05) is 12.1 Å². The summed E-state index contributed by atoms with van der Waals surface area (Å²) in [6, 6.07) is 11.2. The highest BCUT2D eigenvalue weighted by Crippen LogP contribution is 2.24. The lowest BCUT2D eigenvalue weighted by Crippen LogP contribution is -2.02. The number of ether oxygens (including phenoxy) is 2. The van der Waals surface area contributed by atoms with Crippen molar-refractivity contribution in [3.05, 3.63) is 36.4 Å². The molecule has 0 aliphatic heterocycles. The maximum Gasteiger partial charge on any atom is 0.119 e. The molecule has 2 rings (SSSR count). The highest BCUT2D eigenvalue weighted by molar-refractivity contribution is 5.85. The van der Waals surface area contributed by atoms with E-state index in [9.17, 15) is 5.11 Å². The van der Waals surface area contributed by atoms with Crippen molar-refractivity contribution >= 4 is 10.8 Å². The lowest BCUT2D eigenvalue weighted by molar-refractivity contribution is 0.131. The maximum absolute atomic E-state index is 9.44. The van der Waals surface area contributed by atoms with E-state index in [4.69, 9.17) is 9.47 Å². The Balaban J connectivity index is 1.97. The van der Waals surface area contributed by atoms with Crippen LogP contribution in [0.4, 0.5) is 0 Å². The quantitative estimate of drug-likeness (QED) is 0.794. The first kappa shape index (κ1) is 12.7. The highest BCUT2D eigenvalue weighted by Gasteiger charge is 1.99. The molecule has 0 bridgehead atoms. The van der Waals surface area contributed by atoms with Gasteiger partial charge in [0.05, 0.1) is 6.61 Å². The maximum atomic E-state index is 9.44. The van der Waals surface area contributed by atoms with Crippen molar-refractivity contribution in [3.63, 3.8) is 0 Å². The van der Waals surface area contributed by atoms with Gasteiger partial charge in [-0.3, -0.25) is 0 Å². The van der Waals surface area contributed by atoms with Gasteiger partial charge < -0.3 is 14.6 Å². The number of phenols is 1. The molecule has 0 unspecified atom stereocenters. The minimum Gasteiger partial charge on any atom is -0.508 e. The number of hydrogen-bond donors (Lipinski definition) is 1. The van der Waals surface area contributed by atoms with Crippen LogP contribution < -0.4 is 4.74 Å². The van der Waals surface area contributed by atoms with Crippen LogP contribution >= 0.6 is 0 Å². The zero-order chi connectivity index (χ0) is 12.8. The van der Waals surface area contributed by atoms with Crippen LogP contribution in [0.1, 0.15) is 13.3 Å².